The number of amidine groups is 1. The van der Waals surface area contributed by atoms with Gasteiger partial charge in [-0.15, -0.1) is 0 Å². The summed E-state index contributed by atoms with van der Waals surface area (Å²) in [6.07, 6.45) is 1.80. The first-order valence-electron chi connectivity index (χ1n) is 6.32. The molecular formula is C13H18ClN3O2. The molecule has 1 aromatic carbocycles. The van der Waals surface area contributed by atoms with Crippen LogP contribution in [0, 0.1) is 10.1 Å². The maximum Gasteiger partial charge on any atom is 0.280 e. The fourth-order valence-electron chi connectivity index (χ4n) is 1.56. The Balaban J connectivity index is 3.19. The van der Waals surface area contributed by atoms with Crippen LogP contribution in [0.1, 0.15) is 32.3 Å². The summed E-state index contributed by atoms with van der Waals surface area (Å²) in [6, 6.07) is 4.50. The van der Waals surface area contributed by atoms with Gasteiger partial charge in [0, 0.05) is 24.2 Å². The van der Waals surface area contributed by atoms with Crippen LogP contribution in [0.15, 0.2) is 23.2 Å². The zero-order chi connectivity index (χ0) is 14.3. The predicted octanol–water partition coefficient (Wildman–Crippen LogP) is 3.40. The van der Waals surface area contributed by atoms with E-state index >= 15 is 0 Å². The van der Waals surface area contributed by atoms with Gasteiger partial charge in [0.05, 0.1) is 10.5 Å². The van der Waals surface area contributed by atoms with Gasteiger partial charge in [-0.1, -0.05) is 25.4 Å². The molecule has 1 aromatic rings. The molecule has 0 saturated carbocycles. The van der Waals surface area contributed by atoms with E-state index in [0.29, 0.717) is 29.5 Å². The highest BCUT2D eigenvalue weighted by Crippen LogP contribution is 2.23. The van der Waals surface area contributed by atoms with Crippen LogP contribution in [0.25, 0.3) is 0 Å². The normalized spacial score (nSPS) is 11.4. The Bertz CT molecular complexity index is 475. The summed E-state index contributed by atoms with van der Waals surface area (Å²) < 4.78 is 0. The van der Waals surface area contributed by atoms with Crippen LogP contribution in [-0.4, -0.2) is 23.8 Å². The van der Waals surface area contributed by atoms with Gasteiger partial charge in [-0.3, -0.25) is 15.1 Å². The van der Waals surface area contributed by atoms with E-state index in [9.17, 15) is 10.1 Å². The van der Waals surface area contributed by atoms with Gasteiger partial charge in [-0.05, 0) is 25.0 Å². The van der Waals surface area contributed by atoms with Crippen molar-refractivity contribution < 1.29 is 4.92 Å². The van der Waals surface area contributed by atoms with E-state index in [-0.39, 0.29) is 5.69 Å². The number of hydrogen-bond acceptors (Lipinski definition) is 3. The minimum atomic E-state index is -0.416. The van der Waals surface area contributed by atoms with Gasteiger partial charge in [0.15, 0.2) is 0 Å². The number of nitrogens with one attached hydrogen (secondary N) is 1. The summed E-state index contributed by atoms with van der Waals surface area (Å²) in [5.41, 5.74) is 0.460. The second-order valence-electron chi connectivity index (χ2n) is 4.08. The van der Waals surface area contributed by atoms with Crippen molar-refractivity contribution in [3.8, 4) is 0 Å². The Labute approximate surface area is 117 Å². The highest BCUT2D eigenvalue weighted by Gasteiger charge is 2.18. The molecule has 0 bridgehead atoms. The lowest BCUT2D eigenvalue weighted by molar-refractivity contribution is -0.385. The molecule has 0 unspecified atom stereocenters. The van der Waals surface area contributed by atoms with E-state index in [4.69, 9.17) is 11.6 Å². The molecule has 0 aliphatic rings. The highest BCUT2D eigenvalue weighted by molar-refractivity contribution is 6.31. The lowest BCUT2D eigenvalue weighted by Crippen LogP contribution is -2.26. The molecule has 0 aliphatic carbocycles. The lowest BCUT2D eigenvalue weighted by atomic mass is 10.1. The van der Waals surface area contributed by atoms with Crippen LogP contribution in [0.3, 0.4) is 0 Å². The average molecular weight is 284 g/mol. The van der Waals surface area contributed by atoms with Crippen LogP contribution in [0.2, 0.25) is 5.02 Å². The van der Waals surface area contributed by atoms with Gasteiger partial charge in [-0.2, -0.15) is 0 Å². The Morgan fingerprint density at radius 2 is 2.16 bits per heavy atom. The van der Waals surface area contributed by atoms with E-state index in [2.05, 4.69) is 10.3 Å². The third kappa shape index (κ3) is 4.52. The van der Waals surface area contributed by atoms with E-state index in [0.717, 1.165) is 12.8 Å². The second-order valence-corrected chi connectivity index (χ2v) is 4.51. The predicted molar refractivity (Wildman–Crippen MR) is 78.1 cm³/mol. The summed E-state index contributed by atoms with van der Waals surface area (Å²) in [5.74, 6) is 0.540. The van der Waals surface area contributed by atoms with Crippen LogP contribution in [0.5, 0.6) is 0 Å². The van der Waals surface area contributed by atoms with Crippen molar-refractivity contribution in [2.75, 3.05) is 13.1 Å². The standard InChI is InChI=1S/C13H18ClN3O2/c1-3-7-15-13(16-8-4-2)11-9-10(14)5-6-12(11)17(18)19/h5-6,9H,3-4,7-8H2,1-2H3,(H,15,16). The largest absolute Gasteiger partial charge is 0.370 e. The first-order chi connectivity index (χ1) is 9.10. The maximum absolute atomic E-state index is 11.1. The van der Waals surface area contributed by atoms with Gasteiger partial charge in [0.1, 0.15) is 5.84 Å². The Kier molecular flexibility index (Phi) is 6.29. The molecule has 0 fully saturated rings. The molecule has 1 rings (SSSR count). The topological polar surface area (TPSA) is 67.5 Å². The molecule has 0 spiro atoms. The van der Waals surface area contributed by atoms with E-state index in [1.165, 1.54) is 12.1 Å². The molecule has 19 heavy (non-hydrogen) atoms. The van der Waals surface area contributed by atoms with Crippen molar-refractivity contribution in [1.29, 1.82) is 0 Å². The number of nitro benzene ring substituents is 1. The number of nitrogens with zero attached hydrogens (tertiary/aromatic N) is 2. The van der Waals surface area contributed by atoms with Gasteiger partial charge in [0.2, 0.25) is 0 Å². The van der Waals surface area contributed by atoms with Crippen molar-refractivity contribution >= 4 is 23.1 Å². The molecular weight excluding hydrogens is 266 g/mol. The molecule has 0 saturated heterocycles. The summed E-state index contributed by atoms with van der Waals surface area (Å²) in [5, 5.41) is 14.7. The lowest BCUT2D eigenvalue weighted by Gasteiger charge is -2.10. The molecule has 0 aromatic heterocycles. The number of halogens is 1. The molecule has 0 radical (unpaired) electrons. The molecule has 0 amide bonds. The molecule has 0 atom stereocenters. The molecule has 0 heterocycles. The fourth-order valence-corrected chi connectivity index (χ4v) is 1.73. The fraction of sp³-hybridized carbons (Fsp3) is 0.462. The number of rotatable bonds is 6. The number of benzene rings is 1. The smallest absolute Gasteiger partial charge is 0.280 e. The van der Waals surface area contributed by atoms with Crippen molar-refractivity contribution in [2.45, 2.75) is 26.7 Å². The SMILES string of the molecule is CCCN=C(NCCC)c1cc(Cl)ccc1[N+](=O)[O-]. The third-order valence-electron chi connectivity index (χ3n) is 2.45. The summed E-state index contributed by atoms with van der Waals surface area (Å²) in [4.78, 5) is 15.0. The Morgan fingerprint density at radius 3 is 2.74 bits per heavy atom. The zero-order valence-electron chi connectivity index (χ0n) is 11.1. The van der Waals surface area contributed by atoms with Crippen LogP contribution < -0.4 is 5.32 Å². The van der Waals surface area contributed by atoms with Gasteiger partial charge < -0.3 is 5.32 Å². The van der Waals surface area contributed by atoms with Crippen molar-refractivity contribution in [3.63, 3.8) is 0 Å². The van der Waals surface area contributed by atoms with Crippen LogP contribution in [0.4, 0.5) is 5.69 Å². The minimum absolute atomic E-state index is 0.0165. The number of hydrogen-bond donors (Lipinski definition) is 1. The van der Waals surface area contributed by atoms with Gasteiger partial charge >= 0.3 is 0 Å². The number of aliphatic imine (C=N–C) groups is 1. The summed E-state index contributed by atoms with van der Waals surface area (Å²) >= 11 is 5.93. The quantitative estimate of drug-likeness (QED) is 0.376. The Morgan fingerprint density at radius 1 is 1.42 bits per heavy atom. The van der Waals surface area contributed by atoms with Gasteiger partial charge in [-0.25, -0.2) is 0 Å². The van der Waals surface area contributed by atoms with Gasteiger partial charge in [0.25, 0.3) is 5.69 Å². The first kappa shape index (κ1) is 15.4. The van der Waals surface area contributed by atoms with Crippen molar-refractivity contribution in [1.82, 2.24) is 5.32 Å². The molecule has 6 heteroatoms. The minimum Gasteiger partial charge on any atom is -0.370 e. The van der Waals surface area contributed by atoms with E-state index < -0.39 is 4.92 Å². The van der Waals surface area contributed by atoms with Crippen LogP contribution in [-0.2, 0) is 0 Å². The Hall–Kier alpha value is -1.62. The zero-order valence-corrected chi connectivity index (χ0v) is 11.9. The first-order valence-corrected chi connectivity index (χ1v) is 6.70. The third-order valence-corrected chi connectivity index (χ3v) is 2.68. The molecule has 1 N–H and O–H groups in total. The summed E-state index contributed by atoms with van der Waals surface area (Å²) in [6.45, 7) is 5.37. The monoisotopic (exact) mass is 283 g/mol. The highest BCUT2D eigenvalue weighted by atomic mass is 35.5. The molecule has 5 nitrogen and oxygen atoms in total. The maximum atomic E-state index is 11.1. The van der Waals surface area contributed by atoms with Crippen LogP contribution >= 0.6 is 11.6 Å². The van der Waals surface area contributed by atoms with E-state index in [1.54, 1.807) is 6.07 Å². The van der Waals surface area contributed by atoms with E-state index in [1.807, 2.05) is 13.8 Å². The second kappa shape index (κ2) is 7.74. The molecule has 0 aliphatic heterocycles. The van der Waals surface area contributed by atoms with Crippen molar-refractivity contribution in [3.05, 3.63) is 38.9 Å². The molecule has 104 valence electrons. The summed E-state index contributed by atoms with van der Waals surface area (Å²) in [7, 11) is 0. The number of nitro groups is 1. The average Bonchev–Trinajstić information content (AvgIpc) is 2.38. The van der Waals surface area contributed by atoms with Crippen molar-refractivity contribution in [2.24, 2.45) is 4.99 Å².